The van der Waals surface area contributed by atoms with Gasteiger partial charge < -0.3 is 4.90 Å². The minimum Gasteiger partial charge on any atom is -0.340 e. The molecule has 1 fully saturated rings. The average Bonchev–Trinajstić information content (AvgIpc) is 2.67. The van der Waals surface area contributed by atoms with E-state index in [4.69, 9.17) is 0 Å². The molecule has 5 nitrogen and oxygen atoms in total. The Bertz CT molecular complexity index is 879. The Kier molecular flexibility index (Phi) is 6.23. The standard InChI is InChI=1S/C20H23FN2O3S/c21-19-8-4-7-17(15-19)9-10-20(24)22-11-13-23(14-12-22)27(25,26)16-18-5-2-1-3-6-18/h1-8,15H,9-14,16H2. The summed E-state index contributed by atoms with van der Waals surface area (Å²) in [4.78, 5) is 14.1. The van der Waals surface area contributed by atoms with E-state index < -0.39 is 10.0 Å². The maximum Gasteiger partial charge on any atom is 0.222 e. The molecule has 3 rings (SSSR count). The number of carbonyl (C=O) groups is 1. The third-order valence-electron chi connectivity index (χ3n) is 4.69. The lowest BCUT2D eigenvalue weighted by Gasteiger charge is -2.34. The number of rotatable bonds is 6. The molecule has 1 amide bonds. The number of aryl methyl sites for hydroxylation is 1. The second kappa shape index (κ2) is 8.63. The van der Waals surface area contributed by atoms with Crippen LogP contribution in [0.15, 0.2) is 54.6 Å². The van der Waals surface area contributed by atoms with Crippen LogP contribution in [0.5, 0.6) is 0 Å². The van der Waals surface area contributed by atoms with Crippen LogP contribution < -0.4 is 0 Å². The zero-order valence-corrected chi connectivity index (χ0v) is 15.9. The molecule has 0 N–H and O–H groups in total. The van der Waals surface area contributed by atoms with Crippen molar-refractivity contribution in [1.29, 1.82) is 0 Å². The second-order valence-electron chi connectivity index (χ2n) is 6.65. The molecule has 0 bridgehead atoms. The molecule has 144 valence electrons. The van der Waals surface area contributed by atoms with Gasteiger partial charge in [-0.15, -0.1) is 0 Å². The molecule has 0 aromatic heterocycles. The van der Waals surface area contributed by atoms with Crippen molar-refractivity contribution in [2.45, 2.75) is 18.6 Å². The van der Waals surface area contributed by atoms with Crippen LogP contribution in [0, 0.1) is 5.82 Å². The summed E-state index contributed by atoms with van der Waals surface area (Å²) < 4.78 is 39.8. The van der Waals surface area contributed by atoms with Crippen LogP contribution in [0.4, 0.5) is 4.39 Å². The number of amides is 1. The summed E-state index contributed by atoms with van der Waals surface area (Å²) in [5.74, 6) is -0.363. The maximum atomic E-state index is 13.2. The van der Waals surface area contributed by atoms with Crippen molar-refractivity contribution >= 4 is 15.9 Å². The second-order valence-corrected chi connectivity index (χ2v) is 8.62. The largest absolute Gasteiger partial charge is 0.340 e. The molecule has 27 heavy (non-hydrogen) atoms. The predicted octanol–water partition coefficient (Wildman–Crippen LogP) is 2.43. The van der Waals surface area contributed by atoms with E-state index in [0.717, 1.165) is 11.1 Å². The number of halogens is 1. The average molecular weight is 390 g/mol. The first-order valence-electron chi connectivity index (χ1n) is 8.98. The summed E-state index contributed by atoms with van der Waals surface area (Å²) in [5, 5.41) is 0. The normalized spacial score (nSPS) is 15.7. The van der Waals surface area contributed by atoms with E-state index in [1.807, 2.05) is 18.2 Å². The molecule has 1 saturated heterocycles. The van der Waals surface area contributed by atoms with Gasteiger partial charge in [0.2, 0.25) is 15.9 Å². The van der Waals surface area contributed by atoms with Crippen molar-refractivity contribution in [3.63, 3.8) is 0 Å². The van der Waals surface area contributed by atoms with E-state index in [-0.39, 0.29) is 17.5 Å². The highest BCUT2D eigenvalue weighted by Gasteiger charge is 2.28. The molecule has 2 aromatic rings. The molecule has 1 aliphatic rings. The third kappa shape index (κ3) is 5.37. The number of benzene rings is 2. The monoisotopic (exact) mass is 390 g/mol. The first-order chi connectivity index (χ1) is 12.9. The molecule has 0 aliphatic carbocycles. The van der Waals surface area contributed by atoms with Gasteiger partial charge in [-0.05, 0) is 29.7 Å². The SMILES string of the molecule is O=C(CCc1cccc(F)c1)N1CCN(S(=O)(=O)Cc2ccccc2)CC1. The summed E-state index contributed by atoms with van der Waals surface area (Å²) in [5.41, 5.74) is 1.54. The molecule has 0 saturated carbocycles. The highest BCUT2D eigenvalue weighted by molar-refractivity contribution is 7.88. The minimum atomic E-state index is -3.39. The fraction of sp³-hybridized carbons (Fsp3) is 0.350. The highest BCUT2D eigenvalue weighted by atomic mass is 32.2. The van der Waals surface area contributed by atoms with Gasteiger partial charge in [-0.1, -0.05) is 42.5 Å². The molecule has 1 aliphatic heterocycles. The van der Waals surface area contributed by atoms with Crippen LogP contribution in [0.1, 0.15) is 17.5 Å². The molecule has 7 heteroatoms. The highest BCUT2D eigenvalue weighted by Crippen LogP contribution is 2.15. The predicted molar refractivity (Wildman–Crippen MR) is 102 cm³/mol. The topological polar surface area (TPSA) is 57.7 Å². The number of nitrogens with zero attached hydrogens (tertiary/aromatic N) is 2. The summed E-state index contributed by atoms with van der Waals surface area (Å²) in [7, 11) is -3.39. The minimum absolute atomic E-state index is 0.0264. The Labute approximate surface area is 159 Å². The van der Waals surface area contributed by atoms with Crippen LogP contribution in [0.3, 0.4) is 0 Å². The molecule has 0 spiro atoms. The summed E-state index contributed by atoms with van der Waals surface area (Å²) in [6, 6.07) is 15.3. The van der Waals surface area contributed by atoms with Gasteiger partial charge in [0, 0.05) is 32.6 Å². The third-order valence-corrected chi connectivity index (χ3v) is 6.54. The van der Waals surface area contributed by atoms with Crippen LogP contribution >= 0.6 is 0 Å². The van der Waals surface area contributed by atoms with Crippen molar-refractivity contribution < 1.29 is 17.6 Å². The molecule has 1 heterocycles. The van der Waals surface area contributed by atoms with E-state index in [1.54, 1.807) is 29.2 Å². The van der Waals surface area contributed by atoms with Crippen LogP contribution in [0.25, 0.3) is 0 Å². The van der Waals surface area contributed by atoms with Crippen LogP contribution in [-0.4, -0.2) is 49.7 Å². The van der Waals surface area contributed by atoms with Crippen molar-refractivity contribution in [2.24, 2.45) is 0 Å². The van der Waals surface area contributed by atoms with Gasteiger partial charge in [-0.2, -0.15) is 4.31 Å². The van der Waals surface area contributed by atoms with Gasteiger partial charge in [0.05, 0.1) is 5.75 Å². The molecular formula is C20H23FN2O3S. The quantitative estimate of drug-likeness (QED) is 0.761. The van der Waals surface area contributed by atoms with Crippen molar-refractivity contribution in [1.82, 2.24) is 9.21 Å². The Morgan fingerprint density at radius 1 is 0.926 bits per heavy atom. The molecule has 0 unspecified atom stereocenters. The Morgan fingerprint density at radius 2 is 1.59 bits per heavy atom. The van der Waals surface area contributed by atoms with Gasteiger partial charge >= 0.3 is 0 Å². The van der Waals surface area contributed by atoms with Crippen molar-refractivity contribution in [3.05, 3.63) is 71.5 Å². The molecule has 0 atom stereocenters. The fourth-order valence-electron chi connectivity index (χ4n) is 3.19. The van der Waals surface area contributed by atoms with Gasteiger partial charge in [-0.25, -0.2) is 12.8 Å². The van der Waals surface area contributed by atoms with Gasteiger partial charge in [0.25, 0.3) is 0 Å². The number of piperazine rings is 1. The molecular weight excluding hydrogens is 367 g/mol. The lowest BCUT2D eigenvalue weighted by molar-refractivity contribution is -0.132. The first kappa shape index (κ1) is 19.5. The number of hydrogen-bond donors (Lipinski definition) is 0. The van der Waals surface area contributed by atoms with Crippen LogP contribution in [0.2, 0.25) is 0 Å². The van der Waals surface area contributed by atoms with E-state index in [2.05, 4.69) is 0 Å². The molecule has 0 radical (unpaired) electrons. The summed E-state index contributed by atoms with van der Waals surface area (Å²) in [6.45, 7) is 1.38. The number of sulfonamides is 1. The Hall–Kier alpha value is -2.25. The smallest absolute Gasteiger partial charge is 0.222 e. The number of carbonyl (C=O) groups excluding carboxylic acids is 1. The van der Waals surface area contributed by atoms with E-state index in [1.165, 1.54) is 16.4 Å². The zero-order valence-electron chi connectivity index (χ0n) is 15.1. The van der Waals surface area contributed by atoms with Gasteiger partial charge in [-0.3, -0.25) is 4.79 Å². The van der Waals surface area contributed by atoms with Gasteiger partial charge in [0.15, 0.2) is 0 Å². The van der Waals surface area contributed by atoms with Gasteiger partial charge in [0.1, 0.15) is 5.82 Å². The maximum absolute atomic E-state index is 13.2. The fourth-order valence-corrected chi connectivity index (χ4v) is 4.71. The van der Waals surface area contributed by atoms with Crippen molar-refractivity contribution in [2.75, 3.05) is 26.2 Å². The van der Waals surface area contributed by atoms with Crippen LogP contribution in [-0.2, 0) is 27.0 Å². The lowest BCUT2D eigenvalue weighted by Crippen LogP contribution is -2.50. The number of hydrogen-bond acceptors (Lipinski definition) is 3. The molecule has 2 aromatic carbocycles. The van der Waals surface area contributed by atoms with E-state index >= 15 is 0 Å². The first-order valence-corrected chi connectivity index (χ1v) is 10.6. The summed E-state index contributed by atoms with van der Waals surface area (Å²) in [6.07, 6.45) is 0.767. The lowest BCUT2D eigenvalue weighted by atomic mass is 10.1. The van der Waals surface area contributed by atoms with E-state index in [9.17, 15) is 17.6 Å². The van der Waals surface area contributed by atoms with E-state index in [0.29, 0.717) is 39.0 Å². The summed E-state index contributed by atoms with van der Waals surface area (Å²) >= 11 is 0. The Morgan fingerprint density at radius 3 is 2.26 bits per heavy atom. The Balaban J connectivity index is 1.50. The van der Waals surface area contributed by atoms with Crippen molar-refractivity contribution in [3.8, 4) is 0 Å². The zero-order chi connectivity index (χ0) is 19.3.